The Balaban J connectivity index is 1.54. The maximum atomic E-state index is 12.6. The summed E-state index contributed by atoms with van der Waals surface area (Å²) in [6.07, 6.45) is 1.62. The Morgan fingerprint density at radius 1 is 1.20 bits per heavy atom. The molecule has 0 bridgehead atoms. The minimum absolute atomic E-state index is 0.00414. The van der Waals surface area contributed by atoms with Gasteiger partial charge in [-0.2, -0.15) is 13.9 Å². The highest BCUT2D eigenvalue weighted by Crippen LogP contribution is 2.26. The van der Waals surface area contributed by atoms with Gasteiger partial charge in [-0.25, -0.2) is 9.67 Å². The molecule has 1 amide bonds. The number of carbonyl (C=O) groups is 1. The van der Waals surface area contributed by atoms with E-state index in [1.54, 1.807) is 0 Å². The number of halogens is 2. The molecule has 128 valence electrons. The van der Waals surface area contributed by atoms with Gasteiger partial charge in [0.15, 0.2) is 5.69 Å². The predicted octanol–water partition coefficient (Wildman–Crippen LogP) is 3.13. The third kappa shape index (κ3) is 2.90. The minimum Gasteiger partial charge on any atom is -0.441 e. The number of benzene rings is 1. The lowest BCUT2D eigenvalue weighted by Gasteiger charge is -2.24. The second kappa shape index (κ2) is 6.12. The molecule has 0 unspecified atom stereocenters. The lowest BCUT2D eigenvalue weighted by Crippen LogP contribution is -2.36. The van der Waals surface area contributed by atoms with Crippen LogP contribution < -0.4 is 0 Å². The summed E-state index contributed by atoms with van der Waals surface area (Å²) in [6, 6.07) is 10.8. The number of alkyl halides is 2. The van der Waals surface area contributed by atoms with Crippen LogP contribution in [0.3, 0.4) is 0 Å². The largest absolute Gasteiger partial charge is 0.441 e. The van der Waals surface area contributed by atoms with Gasteiger partial charge in [-0.3, -0.25) is 4.79 Å². The molecule has 6 nitrogen and oxygen atoms in total. The first-order chi connectivity index (χ1) is 12.1. The summed E-state index contributed by atoms with van der Waals surface area (Å²) in [5.74, 6) is 0.872. The van der Waals surface area contributed by atoms with Crippen LogP contribution in [-0.2, 0) is 13.0 Å². The zero-order chi connectivity index (χ0) is 17.4. The van der Waals surface area contributed by atoms with Crippen LogP contribution in [0.1, 0.15) is 28.5 Å². The van der Waals surface area contributed by atoms with Gasteiger partial charge in [-0.1, -0.05) is 18.2 Å². The van der Waals surface area contributed by atoms with E-state index in [0.717, 1.165) is 17.5 Å². The molecule has 1 aliphatic heterocycles. The van der Waals surface area contributed by atoms with Gasteiger partial charge in [0.2, 0.25) is 5.89 Å². The SMILES string of the molecule is O=C(c1ccn(C(F)F)n1)N1CCc2oc(-c3ccccc3)nc2C1. The molecule has 1 aromatic carbocycles. The van der Waals surface area contributed by atoms with Crippen molar-refractivity contribution >= 4 is 5.91 Å². The summed E-state index contributed by atoms with van der Waals surface area (Å²) in [5.41, 5.74) is 1.55. The summed E-state index contributed by atoms with van der Waals surface area (Å²) in [5, 5.41) is 3.63. The molecule has 0 fully saturated rings. The van der Waals surface area contributed by atoms with E-state index in [1.807, 2.05) is 30.3 Å². The number of hydrogen-bond donors (Lipinski definition) is 0. The average Bonchev–Trinajstić information content (AvgIpc) is 3.28. The number of hydrogen-bond acceptors (Lipinski definition) is 4. The van der Waals surface area contributed by atoms with Crippen molar-refractivity contribution in [3.8, 4) is 11.5 Å². The van der Waals surface area contributed by atoms with E-state index in [9.17, 15) is 13.6 Å². The summed E-state index contributed by atoms with van der Waals surface area (Å²) in [7, 11) is 0. The third-order valence-electron chi connectivity index (χ3n) is 4.06. The molecular formula is C17H14F2N4O2. The molecule has 2 aromatic heterocycles. The summed E-state index contributed by atoms with van der Waals surface area (Å²) < 4.78 is 31.5. The van der Waals surface area contributed by atoms with E-state index in [-0.39, 0.29) is 12.2 Å². The van der Waals surface area contributed by atoms with E-state index < -0.39 is 12.5 Å². The first-order valence-electron chi connectivity index (χ1n) is 7.78. The molecule has 1 aliphatic rings. The number of rotatable bonds is 3. The van der Waals surface area contributed by atoms with Crippen molar-refractivity contribution in [2.45, 2.75) is 19.5 Å². The monoisotopic (exact) mass is 344 g/mol. The number of oxazole rings is 1. The Morgan fingerprint density at radius 3 is 2.72 bits per heavy atom. The minimum atomic E-state index is -2.77. The molecule has 0 spiro atoms. The molecule has 3 heterocycles. The van der Waals surface area contributed by atoms with Gasteiger partial charge >= 0.3 is 6.55 Å². The predicted molar refractivity (Wildman–Crippen MR) is 83.9 cm³/mol. The Kier molecular flexibility index (Phi) is 3.79. The number of carbonyl (C=O) groups excluding carboxylic acids is 1. The lowest BCUT2D eigenvalue weighted by molar-refractivity contribution is 0.0549. The van der Waals surface area contributed by atoms with E-state index in [1.165, 1.54) is 11.0 Å². The lowest BCUT2D eigenvalue weighted by atomic mass is 10.1. The van der Waals surface area contributed by atoms with Crippen molar-refractivity contribution in [1.82, 2.24) is 19.7 Å². The summed E-state index contributed by atoms with van der Waals surface area (Å²) >= 11 is 0. The average molecular weight is 344 g/mol. The normalized spacial score (nSPS) is 14.0. The molecular weight excluding hydrogens is 330 g/mol. The molecule has 0 saturated heterocycles. The van der Waals surface area contributed by atoms with Crippen molar-refractivity contribution < 1.29 is 18.0 Å². The van der Waals surface area contributed by atoms with Crippen LogP contribution in [0.15, 0.2) is 47.0 Å². The van der Waals surface area contributed by atoms with Crippen molar-refractivity contribution in [1.29, 1.82) is 0 Å². The number of aromatic nitrogens is 3. The van der Waals surface area contributed by atoms with E-state index >= 15 is 0 Å². The summed E-state index contributed by atoms with van der Waals surface area (Å²) in [4.78, 5) is 18.5. The first kappa shape index (κ1) is 15.5. The molecule has 3 aromatic rings. The Labute approximate surface area is 141 Å². The summed E-state index contributed by atoms with van der Waals surface area (Å²) in [6.45, 7) is -2.07. The van der Waals surface area contributed by atoms with E-state index in [4.69, 9.17) is 4.42 Å². The van der Waals surface area contributed by atoms with Gasteiger partial charge in [0, 0.05) is 24.7 Å². The molecule has 0 radical (unpaired) electrons. The van der Waals surface area contributed by atoms with E-state index in [2.05, 4.69) is 10.1 Å². The standard InChI is InChI=1S/C17H14F2N4O2/c18-17(19)23-9-6-12(21-23)16(24)22-8-7-14-13(10-22)20-15(25-14)11-4-2-1-3-5-11/h1-6,9,17H,7-8,10H2. The molecule has 4 rings (SSSR count). The highest BCUT2D eigenvalue weighted by Gasteiger charge is 2.27. The van der Waals surface area contributed by atoms with Crippen LogP contribution in [-0.4, -0.2) is 32.1 Å². The van der Waals surface area contributed by atoms with Gasteiger partial charge in [0.25, 0.3) is 5.91 Å². The van der Waals surface area contributed by atoms with Crippen LogP contribution >= 0.6 is 0 Å². The van der Waals surface area contributed by atoms with Crippen LogP contribution in [0.2, 0.25) is 0 Å². The Hall–Kier alpha value is -3.03. The highest BCUT2D eigenvalue weighted by atomic mass is 19.3. The quantitative estimate of drug-likeness (QED) is 0.732. The molecule has 8 heteroatoms. The molecule has 0 atom stereocenters. The molecule has 25 heavy (non-hydrogen) atoms. The second-order valence-electron chi connectivity index (χ2n) is 5.69. The van der Waals surface area contributed by atoms with Crippen molar-refractivity contribution in [2.75, 3.05) is 6.54 Å². The van der Waals surface area contributed by atoms with Crippen molar-refractivity contribution in [3.05, 3.63) is 59.7 Å². The van der Waals surface area contributed by atoms with Gasteiger partial charge in [-0.05, 0) is 18.2 Å². The Bertz CT molecular complexity index is 905. The molecule has 0 saturated carbocycles. The second-order valence-corrected chi connectivity index (χ2v) is 5.69. The Morgan fingerprint density at radius 2 is 2.00 bits per heavy atom. The fourth-order valence-electron chi connectivity index (χ4n) is 2.80. The zero-order valence-corrected chi connectivity index (χ0v) is 13.1. The number of nitrogens with zero attached hydrogens (tertiary/aromatic N) is 4. The fraction of sp³-hybridized carbons (Fsp3) is 0.235. The first-order valence-corrected chi connectivity index (χ1v) is 7.78. The fourth-order valence-corrected chi connectivity index (χ4v) is 2.80. The van der Waals surface area contributed by atoms with Crippen LogP contribution in [0.25, 0.3) is 11.5 Å². The van der Waals surface area contributed by atoms with Gasteiger partial charge < -0.3 is 9.32 Å². The third-order valence-corrected chi connectivity index (χ3v) is 4.06. The van der Waals surface area contributed by atoms with Crippen LogP contribution in [0, 0.1) is 0 Å². The van der Waals surface area contributed by atoms with Crippen LogP contribution in [0.5, 0.6) is 0 Å². The highest BCUT2D eigenvalue weighted by molar-refractivity contribution is 5.92. The number of fused-ring (bicyclic) bond motifs is 1. The smallest absolute Gasteiger partial charge is 0.333 e. The molecule has 0 aliphatic carbocycles. The van der Waals surface area contributed by atoms with Crippen LogP contribution in [0.4, 0.5) is 8.78 Å². The number of amides is 1. The van der Waals surface area contributed by atoms with Crippen molar-refractivity contribution in [2.24, 2.45) is 0 Å². The maximum Gasteiger partial charge on any atom is 0.333 e. The van der Waals surface area contributed by atoms with Gasteiger partial charge in [0.1, 0.15) is 11.5 Å². The topological polar surface area (TPSA) is 64.2 Å². The zero-order valence-electron chi connectivity index (χ0n) is 13.1. The van der Waals surface area contributed by atoms with Crippen molar-refractivity contribution in [3.63, 3.8) is 0 Å². The van der Waals surface area contributed by atoms with Gasteiger partial charge in [0.05, 0.1) is 6.54 Å². The van der Waals surface area contributed by atoms with Gasteiger partial charge in [-0.15, -0.1) is 0 Å². The molecule has 0 N–H and O–H groups in total. The van der Waals surface area contributed by atoms with E-state index in [0.29, 0.717) is 29.2 Å². The maximum absolute atomic E-state index is 12.6.